The van der Waals surface area contributed by atoms with Gasteiger partial charge in [0.25, 0.3) is 5.91 Å². The molecule has 0 atom stereocenters. The van der Waals surface area contributed by atoms with Gasteiger partial charge in [0.15, 0.2) is 6.61 Å². The Hall–Kier alpha value is -2.91. The average Bonchev–Trinajstić information content (AvgIpc) is 2.55. The number of carbonyl (C=O) groups excluding carboxylic acids is 2. The van der Waals surface area contributed by atoms with E-state index < -0.39 is 24.3 Å². The number of anilines is 1. The molecule has 23 heavy (non-hydrogen) atoms. The van der Waals surface area contributed by atoms with Crippen molar-refractivity contribution in [2.45, 2.75) is 0 Å². The van der Waals surface area contributed by atoms with E-state index in [0.29, 0.717) is 5.56 Å². The minimum absolute atomic E-state index is 0.0387. The number of ether oxygens (including phenoxy) is 1. The van der Waals surface area contributed by atoms with Gasteiger partial charge in [0, 0.05) is 0 Å². The van der Waals surface area contributed by atoms with Gasteiger partial charge in [-0.15, -0.1) is 0 Å². The Morgan fingerprint density at radius 1 is 1.22 bits per heavy atom. The van der Waals surface area contributed by atoms with Crippen LogP contribution in [0.4, 0.5) is 10.1 Å². The molecule has 0 unspecified atom stereocenters. The molecular formula is C16H10ClFN2O3. The predicted molar refractivity (Wildman–Crippen MR) is 81.5 cm³/mol. The molecule has 0 aliphatic rings. The second-order valence-corrected chi connectivity index (χ2v) is 4.84. The molecule has 2 rings (SSSR count). The summed E-state index contributed by atoms with van der Waals surface area (Å²) < 4.78 is 17.7. The van der Waals surface area contributed by atoms with Gasteiger partial charge in [0.1, 0.15) is 5.82 Å². The molecule has 0 saturated carbocycles. The van der Waals surface area contributed by atoms with E-state index in [2.05, 4.69) is 5.32 Å². The number of hydrogen-bond donors (Lipinski definition) is 1. The summed E-state index contributed by atoms with van der Waals surface area (Å²) in [4.78, 5) is 23.5. The molecule has 0 radical (unpaired) electrons. The lowest BCUT2D eigenvalue weighted by molar-refractivity contribution is -0.119. The standard InChI is InChI=1S/C16H10ClFN2O3/c17-13-7-12(18)5-6-14(13)20-15(21)9-23-16(22)11-3-1-10(8-19)2-4-11/h1-7H,9H2,(H,20,21). The number of nitrogens with zero attached hydrogens (tertiary/aromatic N) is 1. The molecule has 0 aliphatic heterocycles. The second-order valence-electron chi connectivity index (χ2n) is 4.44. The molecule has 2 aromatic rings. The molecule has 5 nitrogen and oxygen atoms in total. The van der Waals surface area contributed by atoms with Gasteiger partial charge in [-0.1, -0.05) is 11.6 Å². The summed E-state index contributed by atoms with van der Waals surface area (Å²) in [7, 11) is 0. The van der Waals surface area contributed by atoms with Crippen LogP contribution in [-0.2, 0) is 9.53 Å². The van der Waals surface area contributed by atoms with E-state index in [0.717, 1.165) is 12.1 Å². The first-order valence-electron chi connectivity index (χ1n) is 6.42. The van der Waals surface area contributed by atoms with E-state index in [1.165, 1.54) is 30.3 Å². The molecular weight excluding hydrogens is 323 g/mol. The molecule has 0 spiro atoms. The summed E-state index contributed by atoms with van der Waals surface area (Å²) in [5.74, 6) is -1.84. The predicted octanol–water partition coefficient (Wildman–Crippen LogP) is 3.15. The van der Waals surface area contributed by atoms with Crippen LogP contribution in [0.3, 0.4) is 0 Å². The fourth-order valence-corrected chi connectivity index (χ4v) is 1.89. The molecule has 0 saturated heterocycles. The van der Waals surface area contributed by atoms with Crippen molar-refractivity contribution in [3.05, 3.63) is 64.4 Å². The zero-order chi connectivity index (χ0) is 16.8. The summed E-state index contributed by atoms with van der Waals surface area (Å²) in [6.07, 6.45) is 0. The van der Waals surface area contributed by atoms with Gasteiger partial charge in [-0.05, 0) is 42.5 Å². The van der Waals surface area contributed by atoms with Gasteiger partial charge in [0.05, 0.1) is 27.9 Å². The third-order valence-electron chi connectivity index (χ3n) is 2.79. The van der Waals surface area contributed by atoms with Gasteiger partial charge in [-0.2, -0.15) is 5.26 Å². The summed E-state index contributed by atoms with van der Waals surface area (Å²) in [6, 6.07) is 11.2. The number of amides is 1. The van der Waals surface area contributed by atoms with Crippen LogP contribution in [0.25, 0.3) is 0 Å². The number of rotatable bonds is 4. The number of halogens is 2. The van der Waals surface area contributed by atoms with Gasteiger partial charge in [-0.3, -0.25) is 4.79 Å². The van der Waals surface area contributed by atoms with Gasteiger partial charge in [-0.25, -0.2) is 9.18 Å². The molecule has 116 valence electrons. The lowest BCUT2D eigenvalue weighted by atomic mass is 10.1. The molecule has 0 heterocycles. The highest BCUT2D eigenvalue weighted by molar-refractivity contribution is 6.33. The maximum Gasteiger partial charge on any atom is 0.338 e. The molecule has 7 heteroatoms. The van der Waals surface area contributed by atoms with Crippen molar-refractivity contribution in [1.29, 1.82) is 5.26 Å². The Bertz CT molecular complexity index is 785. The number of carbonyl (C=O) groups is 2. The topological polar surface area (TPSA) is 79.2 Å². The van der Waals surface area contributed by atoms with Crippen molar-refractivity contribution in [2.75, 3.05) is 11.9 Å². The van der Waals surface area contributed by atoms with Gasteiger partial charge < -0.3 is 10.1 Å². The van der Waals surface area contributed by atoms with Crippen LogP contribution in [0.2, 0.25) is 5.02 Å². The zero-order valence-electron chi connectivity index (χ0n) is 11.7. The van der Waals surface area contributed by atoms with Crippen molar-refractivity contribution in [1.82, 2.24) is 0 Å². The van der Waals surface area contributed by atoms with Crippen molar-refractivity contribution in [3.63, 3.8) is 0 Å². The van der Waals surface area contributed by atoms with Crippen molar-refractivity contribution in [2.24, 2.45) is 0 Å². The molecule has 1 N–H and O–H groups in total. The Balaban J connectivity index is 1.90. The molecule has 0 aliphatic carbocycles. The third-order valence-corrected chi connectivity index (χ3v) is 3.10. The fraction of sp³-hybridized carbons (Fsp3) is 0.0625. The highest BCUT2D eigenvalue weighted by Crippen LogP contribution is 2.22. The highest BCUT2D eigenvalue weighted by atomic mass is 35.5. The maximum atomic E-state index is 12.9. The Morgan fingerprint density at radius 3 is 2.52 bits per heavy atom. The van der Waals surface area contributed by atoms with E-state index in [1.54, 1.807) is 0 Å². The first-order valence-corrected chi connectivity index (χ1v) is 6.79. The first kappa shape index (κ1) is 16.5. The summed E-state index contributed by atoms with van der Waals surface area (Å²) in [5.41, 5.74) is 0.842. The number of esters is 1. The molecule has 1 amide bonds. The monoisotopic (exact) mass is 332 g/mol. The van der Waals surface area contributed by atoms with Crippen molar-refractivity contribution in [3.8, 4) is 6.07 Å². The third kappa shape index (κ3) is 4.53. The molecule has 2 aromatic carbocycles. The highest BCUT2D eigenvalue weighted by Gasteiger charge is 2.11. The fourth-order valence-electron chi connectivity index (χ4n) is 1.67. The Kier molecular flexibility index (Phi) is 5.28. The maximum absolute atomic E-state index is 12.9. The zero-order valence-corrected chi connectivity index (χ0v) is 12.4. The SMILES string of the molecule is N#Cc1ccc(C(=O)OCC(=O)Nc2ccc(F)cc2Cl)cc1. The number of benzene rings is 2. The summed E-state index contributed by atoms with van der Waals surface area (Å²) in [6.45, 7) is -0.521. The molecule has 0 bridgehead atoms. The van der Waals surface area contributed by atoms with Crippen LogP contribution in [0.1, 0.15) is 15.9 Å². The summed E-state index contributed by atoms with van der Waals surface area (Å²) >= 11 is 5.77. The van der Waals surface area contributed by atoms with E-state index in [9.17, 15) is 14.0 Å². The quantitative estimate of drug-likeness (QED) is 0.872. The summed E-state index contributed by atoms with van der Waals surface area (Å²) in [5, 5.41) is 11.1. The van der Waals surface area contributed by atoms with Gasteiger partial charge in [0.2, 0.25) is 0 Å². The number of hydrogen-bond acceptors (Lipinski definition) is 4. The Morgan fingerprint density at radius 2 is 1.91 bits per heavy atom. The number of nitriles is 1. The van der Waals surface area contributed by atoms with E-state index in [4.69, 9.17) is 21.6 Å². The lowest BCUT2D eigenvalue weighted by Crippen LogP contribution is -2.21. The second kappa shape index (κ2) is 7.38. The van der Waals surface area contributed by atoms with Crippen LogP contribution in [-0.4, -0.2) is 18.5 Å². The van der Waals surface area contributed by atoms with E-state index >= 15 is 0 Å². The lowest BCUT2D eigenvalue weighted by Gasteiger charge is -2.08. The van der Waals surface area contributed by atoms with Crippen LogP contribution in [0, 0.1) is 17.1 Å². The normalized spacial score (nSPS) is 9.78. The average molecular weight is 333 g/mol. The van der Waals surface area contributed by atoms with Crippen LogP contribution >= 0.6 is 11.6 Å². The van der Waals surface area contributed by atoms with Crippen LogP contribution < -0.4 is 5.32 Å². The van der Waals surface area contributed by atoms with E-state index in [1.807, 2.05) is 6.07 Å². The largest absolute Gasteiger partial charge is 0.452 e. The first-order chi connectivity index (χ1) is 11.0. The van der Waals surface area contributed by atoms with Crippen LogP contribution in [0.15, 0.2) is 42.5 Å². The number of nitrogens with one attached hydrogen (secondary N) is 1. The van der Waals surface area contributed by atoms with E-state index in [-0.39, 0.29) is 16.3 Å². The van der Waals surface area contributed by atoms with Crippen molar-refractivity contribution < 1.29 is 18.7 Å². The molecule has 0 fully saturated rings. The van der Waals surface area contributed by atoms with Gasteiger partial charge >= 0.3 is 5.97 Å². The Labute approximate surface area is 136 Å². The minimum Gasteiger partial charge on any atom is -0.452 e. The minimum atomic E-state index is -0.699. The van der Waals surface area contributed by atoms with Crippen molar-refractivity contribution >= 4 is 29.2 Å². The smallest absolute Gasteiger partial charge is 0.338 e. The van der Waals surface area contributed by atoms with Crippen LogP contribution in [0.5, 0.6) is 0 Å². The molecule has 0 aromatic heterocycles.